The molecule has 0 N–H and O–H groups in total. The SMILES string of the molecule is Cc1noc(C)c1S(=O)(=O)N1CCN(c2ccc(N3CCOCC3)nn2)CC1. The van der Waals surface area contributed by atoms with Crippen LogP contribution in [0, 0.1) is 13.8 Å². The van der Waals surface area contributed by atoms with Gasteiger partial charge in [-0.15, -0.1) is 10.2 Å². The average Bonchev–Trinajstić information content (AvgIpc) is 3.08. The second-order valence-corrected chi connectivity index (χ2v) is 8.77. The van der Waals surface area contributed by atoms with Crippen LogP contribution in [0.3, 0.4) is 0 Å². The van der Waals surface area contributed by atoms with Gasteiger partial charge in [0.15, 0.2) is 17.4 Å². The summed E-state index contributed by atoms with van der Waals surface area (Å²) in [7, 11) is -3.61. The molecule has 0 amide bonds. The highest BCUT2D eigenvalue weighted by Crippen LogP contribution is 2.25. The molecule has 2 aliphatic heterocycles. The van der Waals surface area contributed by atoms with Gasteiger partial charge in [-0.2, -0.15) is 4.31 Å². The smallest absolute Gasteiger partial charge is 0.248 e. The molecule has 0 atom stereocenters. The monoisotopic (exact) mass is 408 g/mol. The van der Waals surface area contributed by atoms with E-state index in [1.165, 1.54) is 4.31 Å². The van der Waals surface area contributed by atoms with Gasteiger partial charge in [0.2, 0.25) is 10.0 Å². The maximum Gasteiger partial charge on any atom is 0.248 e. The zero-order chi connectivity index (χ0) is 19.7. The third-order valence-corrected chi connectivity index (χ3v) is 7.24. The summed E-state index contributed by atoms with van der Waals surface area (Å²) in [6, 6.07) is 3.90. The second-order valence-electron chi connectivity index (χ2n) is 6.89. The number of morpholine rings is 1. The van der Waals surface area contributed by atoms with Crippen molar-refractivity contribution in [3.8, 4) is 0 Å². The molecule has 0 saturated carbocycles. The normalized spacial score (nSPS) is 19.2. The number of ether oxygens (including phenoxy) is 1. The molecular weight excluding hydrogens is 384 g/mol. The molecule has 0 bridgehead atoms. The molecule has 28 heavy (non-hydrogen) atoms. The van der Waals surface area contributed by atoms with E-state index in [0.29, 0.717) is 50.8 Å². The summed E-state index contributed by atoms with van der Waals surface area (Å²) in [5.74, 6) is 1.92. The third kappa shape index (κ3) is 3.56. The van der Waals surface area contributed by atoms with Crippen molar-refractivity contribution in [2.24, 2.45) is 0 Å². The maximum atomic E-state index is 12.9. The summed E-state index contributed by atoms with van der Waals surface area (Å²) in [4.78, 5) is 4.37. The first-order valence-electron chi connectivity index (χ1n) is 9.31. The first kappa shape index (κ1) is 19.1. The quantitative estimate of drug-likeness (QED) is 0.712. The van der Waals surface area contributed by atoms with Crippen LogP contribution in [0.1, 0.15) is 11.5 Å². The second kappa shape index (κ2) is 7.64. The summed E-state index contributed by atoms with van der Waals surface area (Å²) < 4.78 is 37.7. The fourth-order valence-corrected chi connectivity index (χ4v) is 5.29. The largest absolute Gasteiger partial charge is 0.378 e. The Bertz CT molecular complexity index is 896. The molecule has 2 aromatic heterocycles. The van der Waals surface area contributed by atoms with E-state index in [4.69, 9.17) is 9.26 Å². The van der Waals surface area contributed by atoms with Gasteiger partial charge >= 0.3 is 0 Å². The molecule has 0 radical (unpaired) electrons. The molecule has 0 aromatic carbocycles. The van der Waals surface area contributed by atoms with Gasteiger partial charge in [0.25, 0.3) is 0 Å². The summed E-state index contributed by atoms with van der Waals surface area (Å²) >= 11 is 0. The van der Waals surface area contributed by atoms with Crippen LogP contribution in [0.5, 0.6) is 0 Å². The van der Waals surface area contributed by atoms with Crippen molar-refractivity contribution >= 4 is 21.7 Å². The standard InChI is InChI=1S/C17H24N6O4S/c1-13-17(14(2)27-20-13)28(24,25)23-7-5-21(6-8-23)15-3-4-16(19-18-15)22-9-11-26-12-10-22/h3-4H,5-12H2,1-2H3. The predicted octanol–water partition coefficient (Wildman–Crippen LogP) is 0.429. The number of aryl methyl sites for hydroxylation is 2. The highest BCUT2D eigenvalue weighted by Gasteiger charge is 2.33. The number of aromatic nitrogens is 3. The van der Waals surface area contributed by atoms with Gasteiger partial charge in [0.05, 0.1) is 13.2 Å². The van der Waals surface area contributed by atoms with E-state index in [-0.39, 0.29) is 4.90 Å². The summed E-state index contributed by atoms with van der Waals surface area (Å²) in [5.41, 5.74) is 0.393. The van der Waals surface area contributed by atoms with Gasteiger partial charge < -0.3 is 19.1 Å². The minimum atomic E-state index is -3.61. The van der Waals surface area contributed by atoms with E-state index in [1.54, 1.807) is 13.8 Å². The average molecular weight is 408 g/mol. The van der Waals surface area contributed by atoms with Crippen LogP contribution in [-0.2, 0) is 14.8 Å². The van der Waals surface area contributed by atoms with Crippen molar-refractivity contribution in [1.29, 1.82) is 0 Å². The number of hydrogen-bond acceptors (Lipinski definition) is 9. The fourth-order valence-electron chi connectivity index (χ4n) is 3.58. The first-order chi connectivity index (χ1) is 13.5. The lowest BCUT2D eigenvalue weighted by Gasteiger charge is -2.34. The minimum Gasteiger partial charge on any atom is -0.378 e. The molecule has 4 heterocycles. The van der Waals surface area contributed by atoms with Gasteiger partial charge in [-0.05, 0) is 26.0 Å². The number of rotatable bonds is 4. The first-order valence-corrected chi connectivity index (χ1v) is 10.8. The summed E-state index contributed by atoms with van der Waals surface area (Å²) in [6.45, 7) is 8.13. The van der Waals surface area contributed by atoms with Crippen LogP contribution < -0.4 is 9.80 Å². The van der Waals surface area contributed by atoms with Crippen molar-refractivity contribution in [2.45, 2.75) is 18.7 Å². The van der Waals surface area contributed by atoms with E-state index in [0.717, 1.165) is 24.7 Å². The van der Waals surface area contributed by atoms with E-state index < -0.39 is 10.0 Å². The number of hydrogen-bond donors (Lipinski definition) is 0. The Morgan fingerprint density at radius 3 is 1.96 bits per heavy atom. The minimum absolute atomic E-state index is 0.176. The Balaban J connectivity index is 1.41. The Morgan fingerprint density at radius 2 is 1.46 bits per heavy atom. The van der Waals surface area contributed by atoms with Crippen LogP contribution >= 0.6 is 0 Å². The summed E-state index contributed by atoms with van der Waals surface area (Å²) in [5, 5.41) is 12.4. The predicted molar refractivity (Wildman–Crippen MR) is 102 cm³/mol. The van der Waals surface area contributed by atoms with Crippen molar-refractivity contribution in [1.82, 2.24) is 19.7 Å². The van der Waals surface area contributed by atoms with E-state index in [2.05, 4.69) is 25.2 Å². The van der Waals surface area contributed by atoms with Crippen LogP contribution in [-0.4, -0.2) is 80.6 Å². The number of anilines is 2. The number of nitrogens with zero attached hydrogens (tertiary/aromatic N) is 6. The van der Waals surface area contributed by atoms with Gasteiger partial charge in [-0.1, -0.05) is 5.16 Å². The van der Waals surface area contributed by atoms with Crippen LogP contribution in [0.25, 0.3) is 0 Å². The molecule has 2 saturated heterocycles. The lowest BCUT2D eigenvalue weighted by atomic mass is 10.3. The number of sulfonamides is 1. The Hall–Kier alpha value is -2.24. The molecular formula is C17H24N6O4S. The molecule has 4 rings (SSSR count). The summed E-state index contributed by atoms with van der Waals surface area (Å²) in [6.07, 6.45) is 0. The Kier molecular flexibility index (Phi) is 5.21. The molecule has 0 spiro atoms. The van der Waals surface area contributed by atoms with Gasteiger partial charge in [-0.3, -0.25) is 0 Å². The maximum absolute atomic E-state index is 12.9. The van der Waals surface area contributed by atoms with Crippen molar-refractivity contribution in [3.63, 3.8) is 0 Å². The lowest BCUT2D eigenvalue weighted by molar-refractivity contribution is 0.122. The topological polar surface area (TPSA) is 105 Å². The van der Waals surface area contributed by atoms with Crippen molar-refractivity contribution < 1.29 is 17.7 Å². The zero-order valence-corrected chi connectivity index (χ0v) is 16.9. The van der Waals surface area contributed by atoms with Crippen LogP contribution in [0.4, 0.5) is 11.6 Å². The van der Waals surface area contributed by atoms with Gasteiger partial charge in [-0.25, -0.2) is 8.42 Å². The van der Waals surface area contributed by atoms with Crippen molar-refractivity contribution in [3.05, 3.63) is 23.6 Å². The third-order valence-electron chi connectivity index (χ3n) is 5.10. The van der Waals surface area contributed by atoms with E-state index >= 15 is 0 Å². The zero-order valence-electron chi connectivity index (χ0n) is 16.0. The van der Waals surface area contributed by atoms with Gasteiger partial charge in [0.1, 0.15) is 10.6 Å². The molecule has 2 aliphatic rings. The van der Waals surface area contributed by atoms with Crippen LogP contribution in [0.15, 0.2) is 21.6 Å². The highest BCUT2D eigenvalue weighted by molar-refractivity contribution is 7.89. The lowest BCUT2D eigenvalue weighted by Crippen LogP contribution is -2.49. The molecule has 152 valence electrons. The van der Waals surface area contributed by atoms with Crippen molar-refractivity contribution in [2.75, 3.05) is 62.3 Å². The molecule has 0 aliphatic carbocycles. The number of piperazine rings is 1. The van der Waals surface area contributed by atoms with Crippen LogP contribution in [0.2, 0.25) is 0 Å². The Labute approximate surface area is 164 Å². The fraction of sp³-hybridized carbons (Fsp3) is 0.588. The highest BCUT2D eigenvalue weighted by atomic mass is 32.2. The van der Waals surface area contributed by atoms with Gasteiger partial charge in [0, 0.05) is 39.3 Å². The molecule has 2 aromatic rings. The van der Waals surface area contributed by atoms with E-state index in [9.17, 15) is 8.42 Å². The molecule has 2 fully saturated rings. The Morgan fingerprint density at radius 1 is 0.893 bits per heavy atom. The van der Waals surface area contributed by atoms with E-state index in [1.807, 2.05) is 12.1 Å². The molecule has 10 nitrogen and oxygen atoms in total. The molecule has 0 unspecified atom stereocenters. The molecule has 11 heteroatoms.